The number of nitrogens with two attached hydrogens (primary N) is 2. The molecule has 168 valence electrons. The van der Waals surface area contributed by atoms with Crippen molar-refractivity contribution < 1.29 is 22.8 Å². The second-order valence-corrected chi connectivity index (χ2v) is 7.51. The second-order valence-electron chi connectivity index (χ2n) is 7.51. The van der Waals surface area contributed by atoms with Gasteiger partial charge in [-0.2, -0.15) is 4.98 Å². The van der Waals surface area contributed by atoms with Crippen molar-refractivity contribution in [2.75, 3.05) is 17.2 Å². The number of hydrogen-bond donors (Lipinski definition) is 2. The first-order chi connectivity index (χ1) is 14.6. The normalized spacial score (nSPS) is 19.1. The first-order valence-corrected chi connectivity index (χ1v) is 9.73. The van der Waals surface area contributed by atoms with Crippen LogP contribution in [-0.4, -0.2) is 33.8 Å². The number of anilines is 2. The first kappa shape index (κ1) is 22.5. The summed E-state index contributed by atoms with van der Waals surface area (Å²) in [6, 6.07) is 5.92. The smallest absolute Gasteiger partial charge is 0.405 e. The molecule has 0 radical (unpaired) electrons. The molecule has 1 aliphatic rings. The van der Waals surface area contributed by atoms with E-state index in [1.165, 1.54) is 18.2 Å². The van der Waals surface area contributed by atoms with Gasteiger partial charge in [-0.05, 0) is 37.7 Å². The molecule has 2 aromatic rings. The Bertz CT molecular complexity index is 919. The number of nitrogens with zero attached hydrogens (tertiary/aromatic N) is 4. The van der Waals surface area contributed by atoms with Crippen molar-refractivity contribution >= 4 is 17.5 Å². The summed E-state index contributed by atoms with van der Waals surface area (Å²) in [7, 11) is 0. The lowest BCUT2D eigenvalue weighted by molar-refractivity contribution is -0.384. The van der Waals surface area contributed by atoms with E-state index in [9.17, 15) is 23.3 Å². The number of rotatable bonds is 7. The van der Waals surface area contributed by atoms with Crippen LogP contribution in [0.25, 0.3) is 0 Å². The van der Waals surface area contributed by atoms with Gasteiger partial charge >= 0.3 is 12.0 Å². The van der Waals surface area contributed by atoms with E-state index in [1.54, 1.807) is 11.0 Å². The highest BCUT2D eigenvalue weighted by Gasteiger charge is 2.32. The number of nitro groups is 1. The molecule has 31 heavy (non-hydrogen) atoms. The molecule has 1 aliphatic carbocycles. The highest BCUT2D eigenvalue weighted by molar-refractivity contribution is 5.54. The van der Waals surface area contributed by atoms with Gasteiger partial charge in [0.25, 0.3) is 0 Å². The molecule has 0 aliphatic heterocycles. The summed E-state index contributed by atoms with van der Waals surface area (Å²) >= 11 is 0. The summed E-state index contributed by atoms with van der Waals surface area (Å²) in [5, 5.41) is 11.0. The molecular formula is C19H23F3N6O3. The average molecular weight is 440 g/mol. The molecule has 1 heterocycles. The van der Waals surface area contributed by atoms with E-state index in [2.05, 4.69) is 14.7 Å². The quantitative estimate of drug-likeness (QED) is 0.494. The zero-order chi connectivity index (χ0) is 22.6. The summed E-state index contributed by atoms with van der Waals surface area (Å²) < 4.78 is 42.6. The van der Waals surface area contributed by atoms with E-state index < -0.39 is 17.0 Å². The van der Waals surface area contributed by atoms with Crippen molar-refractivity contribution in [3.63, 3.8) is 0 Å². The van der Waals surface area contributed by atoms with E-state index in [-0.39, 0.29) is 41.6 Å². The van der Waals surface area contributed by atoms with E-state index in [1.807, 2.05) is 0 Å². The number of nitrogen functional groups attached to an aromatic ring is 1. The van der Waals surface area contributed by atoms with Gasteiger partial charge in [0.15, 0.2) is 0 Å². The van der Waals surface area contributed by atoms with Gasteiger partial charge in [0, 0.05) is 24.7 Å². The van der Waals surface area contributed by atoms with Crippen molar-refractivity contribution in [3.05, 3.63) is 46.1 Å². The lowest BCUT2D eigenvalue weighted by Gasteiger charge is -2.32. The summed E-state index contributed by atoms with van der Waals surface area (Å²) in [4.78, 5) is 20.1. The predicted octanol–water partition coefficient (Wildman–Crippen LogP) is 3.39. The Labute approximate surface area is 176 Å². The lowest BCUT2D eigenvalue weighted by Crippen LogP contribution is -2.35. The summed E-state index contributed by atoms with van der Waals surface area (Å²) in [5.41, 5.74) is 11.5. The number of para-hydroxylation sites is 1. The highest BCUT2D eigenvalue weighted by Crippen LogP contribution is 2.31. The zero-order valence-corrected chi connectivity index (χ0v) is 16.6. The Morgan fingerprint density at radius 1 is 1.23 bits per heavy atom. The molecule has 0 unspecified atom stereocenters. The molecule has 3 rings (SSSR count). The third-order valence-electron chi connectivity index (χ3n) is 5.19. The van der Waals surface area contributed by atoms with Crippen LogP contribution in [0.1, 0.15) is 31.2 Å². The van der Waals surface area contributed by atoms with E-state index in [4.69, 9.17) is 11.5 Å². The molecule has 4 N–H and O–H groups in total. The monoisotopic (exact) mass is 440 g/mol. The van der Waals surface area contributed by atoms with Gasteiger partial charge in [-0.3, -0.25) is 10.1 Å². The maximum atomic E-state index is 12.8. The first-order valence-electron chi connectivity index (χ1n) is 9.73. The fourth-order valence-electron chi connectivity index (χ4n) is 3.64. The maximum Gasteiger partial charge on any atom is 0.573 e. The van der Waals surface area contributed by atoms with Crippen molar-refractivity contribution in [1.29, 1.82) is 0 Å². The van der Waals surface area contributed by atoms with Crippen molar-refractivity contribution in [3.8, 4) is 5.75 Å². The summed E-state index contributed by atoms with van der Waals surface area (Å²) in [5.74, 6) is -0.332. The van der Waals surface area contributed by atoms with Crippen LogP contribution in [0.2, 0.25) is 0 Å². The standard InChI is InChI=1S/C19H23F3N6O3/c20-19(21,22)31-16-4-2-1-3-13(16)11-27(10-12-5-7-14(23)8-6-12)18-25-9-15(28(29)30)17(24)26-18/h1-4,9,12,14H,5-8,10-11,23H2,(H2,24,25,26). The van der Waals surface area contributed by atoms with Gasteiger partial charge in [0.05, 0.1) is 4.92 Å². The molecular weight excluding hydrogens is 417 g/mol. The number of alkyl halides is 3. The van der Waals surface area contributed by atoms with E-state index >= 15 is 0 Å². The molecule has 1 fully saturated rings. The van der Waals surface area contributed by atoms with Crippen LogP contribution in [-0.2, 0) is 6.54 Å². The van der Waals surface area contributed by atoms with Gasteiger partial charge < -0.3 is 21.1 Å². The van der Waals surface area contributed by atoms with Crippen LogP contribution in [0.5, 0.6) is 5.75 Å². The van der Waals surface area contributed by atoms with Crippen molar-refractivity contribution in [2.45, 2.75) is 44.6 Å². The largest absolute Gasteiger partial charge is 0.573 e. The Hall–Kier alpha value is -3.15. The lowest BCUT2D eigenvalue weighted by atomic mass is 9.86. The molecule has 0 bridgehead atoms. The number of benzene rings is 1. The van der Waals surface area contributed by atoms with E-state index in [0.717, 1.165) is 31.9 Å². The number of halogens is 3. The van der Waals surface area contributed by atoms with Crippen molar-refractivity contribution in [1.82, 2.24) is 9.97 Å². The van der Waals surface area contributed by atoms with Gasteiger partial charge in [0.2, 0.25) is 11.8 Å². The third kappa shape index (κ3) is 6.17. The molecule has 0 spiro atoms. The van der Waals surface area contributed by atoms with Crippen LogP contribution in [0, 0.1) is 16.0 Å². The maximum absolute atomic E-state index is 12.8. The van der Waals surface area contributed by atoms with Crippen molar-refractivity contribution in [2.24, 2.45) is 11.7 Å². The van der Waals surface area contributed by atoms with Gasteiger partial charge in [-0.1, -0.05) is 18.2 Å². The minimum atomic E-state index is -4.84. The Balaban J connectivity index is 1.90. The third-order valence-corrected chi connectivity index (χ3v) is 5.19. The summed E-state index contributed by atoms with van der Waals surface area (Å²) in [6.45, 7) is 0.441. The van der Waals surface area contributed by atoms with Gasteiger partial charge in [-0.15, -0.1) is 13.2 Å². The zero-order valence-electron chi connectivity index (χ0n) is 16.6. The van der Waals surface area contributed by atoms with Gasteiger partial charge in [0.1, 0.15) is 11.9 Å². The number of ether oxygens (including phenoxy) is 1. The molecule has 1 saturated carbocycles. The molecule has 0 amide bonds. The predicted molar refractivity (Wildman–Crippen MR) is 107 cm³/mol. The minimum Gasteiger partial charge on any atom is -0.405 e. The second kappa shape index (κ2) is 9.33. The van der Waals surface area contributed by atoms with Crippen LogP contribution in [0.4, 0.5) is 30.6 Å². The number of aromatic nitrogens is 2. The molecule has 0 atom stereocenters. The van der Waals surface area contributed by atoms with Crippen LogP contribution >= 0.6 is 0 Å². The number of hydrogen-bond acceptors (Lipinski definition) is 8. The molecule has 0 saturated heterocycles. The SMILES string of the molecule is Nc1nc(N(Cc2ccccc2OC(F)(F)F)CC2CCC(N)CC2)ncc1[N+](=O)[O-]. The van der Waals surface area contributed by atoms with Crippen LogP contribution < -0.4 is 21.1 Å². The highest BCUT2D eigenvalue weighted by atomic mass is 19.4. The van der Waals surface area contributed by atoms with Crippen LogP contribution in [0.3, 0.4) is 0 Å². The Morgan fingerprint density at radius 3 is 2.52 bits per heavy atom. The average Bonchev–Trinajstić information content (AvgIpc) is 2.69. The molecule has 12 heteroatoms. The Kier molecular flexibility index (Phi) is 6.78. The Morgan fingerprint density at radius 2 is 1.90 bits per heavy atom. The van der Waals surface area contributed by atoms with E-state index in [0.29, 0.717) is 6.54 Å². The summed E-state index contributed by atoms with van der Waals surface area (Å²) in [6.07, 6.45) is -0.457. The molecule has 1 aromatic carbocycles. The molecule has 1 aromatic heterocycles. The fourth-order valence-corrected chi connectivity index (χ4v) is 3.64. The van der Waals surface area contributed by atoms with Gasteiger partial charge in [-0.25, -0.2) is 4.98 Å². The fraction of sp³-hybridized carbons (Fsp3) is 0.474. The topological polar surface area (TPSA) is 133 Å². The molecule has 9 nitrogen and oxygen atoms in total. The minimum absolute atomic E-state index is 0.00601. The van der Waals surface area contributed by atoms with Crippen LogP contribution in [0.15, 0.2) is 30.5 Å².